The van der Waals surface area contributed by atoms with Gasteiger partial charge in [0.25, 0.3) is 0 Å². The molecule has 2 fully saturated rings. The van der Waals surface area contributed by atoms with Crippen LogP contribution in [0.25, 0.3) is 0 Å². The molecule has 1 aromatic heterocycles. The Labute approximate surface area is 114 Å². The Hall–Kier alpha value is -1.03. The second-order valence-electron chi connectivity index (χ2n) is 6.40. The van der Waals surface area contributed by atoms with E-state index >= 15 is 0 Å². The average molecular weight is 264 g/mol. The lowest BCUT2D eigenvalue weighted by molar-refractivity contribution is -0.0421. The van der Waals surface area contributed by atoms with Crippen molar-refractivity contribution >= 4 is 0 Å². The highest BCUT2D eigenvalue weighted by Crippen LogP contribution is 2.43. The average Bonchev–Trinajstić information content (AvgIpc) is 3.05. The minimum absolute atomic E-state index is 0.0889. The Bertz CT molecular complexity index is 494. The quantitative estimate of drug-likeness (QED) is 0.841. The number of hydrogen-bond donors (Lipinski definition) is 0. The minimum Gasteiger partial charge on any atom is -0.370 e. The summed E-state index contributed by atoms with van der Waals surface area (Å²) in [7, 11) is 0. The SMILES string of the molecule is CC(C)n1ccn(CC2CCC3(CCCC3)O2)c1=O. The van der Waals surface area contributed by atoms with Gasteiger partial charge in [-0.3, -0.25) is 9.13 Å². The number of rotatable bonds is 3. The molecule has 0 N–H and O–H groups in total. The van der Waals surface area contributed by atoms with Gasteiger partial charge in [0.2, 0.25) is 0 Å². The van der Waals surface area contributed by atoms with Crippen molar-refractivity contribution in [2.45, 2.75) is 76.7 Å². The lowest BCUT2D eigenvalue weighted by atomic mass is 9.98. The molecular formula is C15H24N2O2. The van der Waals surface area contributed by atoms with Gasteiger partial charge in [-0.2, -0.15) is 0 Å². The molecule has 0 bridgehead atoms. The summed E-state index contributed by atoms with van der Waals surface area (Å²) in [6.07, 6.45) is 11.3. The summed E-state index contributed by atoms with van der Waals surface area (Å²) in [5.74, 6) is 0. The molecule has 4 heteroatoms. The van der Waals surface area contributed by atoms with E-state index < -0.39 is 0 Å². The second-order valence-corrected chi connectivity index (χ2v) is 6.40. The zero-order valence-corrected chi connectivity index (χ0v) is 12.0. The molecule has 1 spiro atoms. The molecule has 1 saturated heterocycles. The highest BCUT2D eigenvalue weighted by molar-refractivity contribution is 4.94. The second kappa shape index (κ2) is 4.82. The van der Waals surface area contributed by atoms with Crippen molar-refractivity contribution in [1.29, 1.82) is 0 Å². The summed E-state index contributed by atoms with van der Waals surface area (Å²) in [4.78, 5) is 12.2. The van der Waals surface area contributed by atoms with Gasteiger partial charge < -0.3 is 4.74 Å². The highest BCUT2D eigenvalue weighted by Gasteiger charge is 2.42. The van der Waals surface area contributed by atoms with E-state index in [0.29, 0.717) is 6.54 Å². The number of imidazole rings is 1. The summed E-state index contributed by atoms with van der Waals surface area (Å²) >= 11 is 0. The maximum absolute atomic E-state index is 12.2. The van der Waals surface area contributed by atoms with Gasteiger partial charge in [0, 0.05) is 18.4 Å². The van der Waals surface area contributed by atoms with Crippen LogP contribution in [-0.2, 0) is 11.3 Å². The molecule has 1 aliphatic heterocycles. The lowest BCUT2D eigenvalue weighted by Gasteiger charge is -2.23. The zero-order chi connectivity index (χ0) is 13.5. The molecule has 2 aliphatic rings. The third kappa shape index (κ3) is 2.38. The molecule has 3 rings (SSSR count). The number of hydrogen-bond acceptors (Lipinski definition) is 2. The van der Waals surface area contributed by atoms with Crippen LogP contribution in [0.5, 0.6) is 0 Å². The third-order valence-corrected chi connectivity index (χ3v) is 4.68. The summed E-state index contributed by atoms with van der Waals surface area (Å²) in [5, 5.41) is 0. The molecule has 1 aliphatic carbocycles. The van der Waals surface area contributed by atoms with Gasteiger partial charge >= 0.3 is 5.69 Å². The van der Waals surface area contributed by atoms with E-state index in [1.807, 2.05) is 26.2 Å². The standard InChI is InChI=1S/C15H24N2O2/c1-12(2)17-10-9-16(14(17)18)11-13-5-8-15(19-13)6-3-4-7-15/h9-10,12-13H,3-8,11H2,1-2H3. The Morgan fingerprint density at radius 2 is 2.05 bits per heavy atom. The van der Waals surface area contributed by atoms with Crippen LogP contribution in [-0.4, -0.2) is 20.8 Å². The Morgan fingerprint density at radius 3 is 2.68 bits per heavy atom. The Balaban J connectivity index is 1.68. The topological polar surface area (TPSA) is 36.2 Å². The van der Waals surface area contributed by atoms with E-state index in [-0.39, 0.29) is 23.4 Å². The van der Waals surface area contributed by atoms with Crippen molar-refractivity contribution < 1.29 is 4.74 Å². The van der Waals surface area contributed by atoms with E-state index in [9.17, 15) is 4.79 Å². The first-order valence-corrected chi connectivity index (χ1v) is 7.55. The predicted octanol–water partition coefficient (Wildman–Crippen LogP) is 2.72. The maximum Gasteiger partial charge on any atom is 0.328 e. The molecule has 1 unspecified atom stereocenters. The van der Waals surface area contributed by atoms with E-state index in [1.54, 1.807) is 9.13 Å². The molecule has 106 valence electrons. The van der Waals surface area contributed by atoms with E-state index in [1.165, 1.54) is 32.1 Å². The van der Waals surface area contributed by atoms with E-state index in [2.05, 4.69) is 0 Å². The third-order valence-electron chi connectivity index (χ3n) is 4.68. The van der Waals surface area contributed by atoms with Crippen LogP contribution in [0.3, 0.4) is 0 Å². The van der Waals surface area contributed by atoms with Crippen molar-refractivity contribution in [3.05, 3.63) is 22.9 Å². The van der Waals surface area contributed by atoms with Gasteiger partial charge in [0.05, 0.1) is 18.2 Å². The number of nitrogens with zero attached hydrogens (tertiary/aromatic N) is 2. The van der Waals surface area contributed by atoms with Crippen molar-refractivity contribution in [1.82, 2.24) is 9.13 Å². The largest absolute Gasteiger partial charge is 0.370 e. The van der Waals surface area contributed by atoms with Crippen molar-refractivity contribution in [2.24, 2.45) is 0 Å². The van der Waals surface area contributed by atoms with Crippen LogP contribution in [0.2, 0.25) is 0 Å². The first-order chi connectivity index (χ1) is 9.10. The first kappa shape index (κ1) is 13.0. The smallest absolute Gasteiger partial charge is 0.328 e. The van der Waals surface area contributed by atoms with Crippen LogP contribution in [0.4, 0.5) is 0 Å². The molecule has 2 heterocycles. The minimum atomic E-state index is 0.0889. The van der Waals surface area contributed by atoms with Crippen LogP contribution in [0, 0.1) is 0 Å². The molecule has 0 aromatic carbocycles. The molecule has 1 saturated carbocycles. The van der Waals surface area contributed by atoms with Crippen LogP contribution >= 0.6 is 0 Å². The van der Waals surface area contributed by atoms with Gasteiger partial charge in [-0.25, -0.2) is 4.79 Å². The first-order valence-electron chi connectivity index (χ1n) is 7.55. The summed E-state index contributed by atoms with van der Waals surface area (Å²) in [6.45, 7) is 4.77. The van der Waals surface area contributed by atoms with Crippen molar-refractivity contribution in [3.8, 4) is 0 Å². The fourth-order valence-electron chi connectivity index (χ4n) is 3.59. The Kier molecular flexibility index (Phi) is 3.29. The van der Waals surface area contributed by atoms with Gasteiger partial charge in [-0.05, 0) is 39.5 Å². The van der Waals surface area contributed by atoms with Gasteiger partial charge in [0.1, 0.15) is 0 Å². The monoisotopic (exact) mass is 264 g/mol. The summed E-state index contributed by atoms with van der Waals surface area (Å²) in [6, 6.07) is 0.222. The number of aromatic nitrogens is 2. The molecule has 4 nitrogen and oxygen atoms in total. The van der Waals surface area contributed by atoms with E-state index in [0.717, 1.165) is 6.42 Å². The van der Waals surface area contributed by atoms with Gasteiger partial charge in [0.15, 0.2) is 0 Å². The fourth-order valence-corrected chi connectivity index (χ4v) is 3.59. The van der Waals surface area contributed by atoms with Crippen LogP contribution in [0.1, 0.15) is 58.4 Å². The normalized spacial score (nSPS) is 25.7. The van der Waals surface area contributed by atoms with Crippen molar-refractivity contribution in [2.75, 3.05) is 0 Å². The zero-order valence-electron chi connectivity index (χ0n) is 12.0. The maximum atomic E-state index is 12.2. The molecule has 1 aromatic rings. The molecule has 1 atom stereocenters. The van der Waals surface area contributed by atoms with Crippen LogP contribution in [0.15, 0.2) is 17.2 Å². The van der Waals surface area contributed by atoms with Crippen molar-refractivity contribution in [3.63, 3.8) is 0 Å². The predicted molar refractivity (Wildman–Crippen MR) is 74.4 cm³/mol. The Morgan fingerprint density at radius 1 is 1.32 bits per heavy atom. The summed E-state index contributed by atoms with van der Waals surface area (Å²) < 4.78 is 9.85. The van der Waals surface area contributed by atoms with Gasteiger partial charge in [-0.1, -0.05) is 12.8 Å². The molecule has 0 radical (unpaired) electrons. The lowest BCUT2D eigenvalue weighted by Crippen LogP contribution is -2.31. The van der Waals surface area contributed by atoms with Crippen LogP contribution < -0.4 is 5.69 Å². The summed E-state index contributed by atoms with van der Waals surface area (Å²) in [5.41, 5.74) is 0.250. The molecular weight excluding hydrogens is 240 g/mol. The highest BCUT2D eigenvalue weighted by atomic mass is 16.5. The van der Waals surface area contributed by atoms with E-state index in [4.69, 9.17) is 4.74 Å². The number of ether oxygens (including phenoxy) is 1. The van der Waals surface area contributed by atoms with Gasteiger partial charge in [-0.15, -0.1) is 0 Å². The fraction of sp³-hybridized carbons (Fsp3) is 0.800. The molecule has 0 amide bonds. The molecule has 19 heavy (non-hydrogen) atoms.